The van der Waals surface area contributed by atoms with Gasteiger partial charge in [0.25, 0.3) is 0 Å². The molecule has 0 saturated carbocycles. The van der Waals surface area contributed by atoms with Crippen LogP contribution in [0.25, 0.3) is 32.1 Å². The van der Waals surface area contributed by atoms with E-state index in [1.807, 2.05) is 12.1 Å². The second kappa shape index (κ2) is 16.0. The Kier molecular flexibility index (Phi) is 11.2. The molecule has 2 atom stereocenters. The number of nitrogens with zero attached hydrogens (tertiary/aromatic N) is 5. The van der Waals surface area contributed by atoms with Crippen molar-refractivity contribution in [2.24, 2.45) is 0 Å². The van der Waals surface area contributed by atoms with Crippen LogP contribution in [0.15, 0.2) is 48.5 Å². The second-order valence-electron chi connectivity index (χ2n) is 15.3. The van der Waals surface area contributed by atoms with Crippen molar-refractivity contribution in [3.05, 3.63) is 70.8 Å². The Morgan fingerprint density at radius 2 is 1.95 bits per heavy atom. The second-order valence-corrected chi connectivity index (χ2v) is 16.7. The van der Waals surface area contributed by atoms with Gasteiger partial charge < -0.3 is 19.1 Å². The summed E-state index contributed by atoms with van der Waals surface area (Å²) in [5, 5.41) is 13.0. The van der Waals surface area contributed by atoms with Gasteiger partial charge in [0.2, 0.25) is 0 Å². The van der Waals surface area contributed by atoms with Crippen LogP contribution in [0.1, 0.15) is 58.4 Å². The molecule has 2 saturated heterocycles. The lowest BCUT2D eigenvalue weighted by molar-refractivity contribution is -0.134. The number of aromatic nitrogens is 2. The molecule has 0 bridgehead atoms. The summed E-state index contributed by atoms with van der Waals surface area (Å²) in [5.41, 5.74) is -1.73. The fourth-order valence-electron chi connectivity index (χ4n) is 7.62. The molecule has 4 heterocycles. The first-order valence-electron chi connectivity index (χ1n) is 18.5. The first kappa shape index (κ1) is 40.0. The lowest BCUT2D eigenvalue weighted by Crippen LogP contribution is -2.43. The number of nitrogens with one attached hydrogen (secondary N) is 1. The van der Waals surface area contributed by atoms with Gasteiger partial charge in [-0.15, -0.1) is 11.3 Å². The summed E-state index contributed by atoms with van der Waals surface area (Å²) in [7, 11) is 1.73. The van der Waals surface area contributed by atoms with Crippen molar-refractivity contribution in [3.63, 3.8) is 0 Å². The highest BCUT2D eigenvalue weighted by Gasteiger charge is 2.49. The zero-order chi connectivity index (χ0) is 40.6. The quantitative estimate of drug-likeness (QED) is 0.102. The third-order valence-corrected chi connectivity index (χ3v) is 11.5. The molecule has 11 nitrogen and oxygen atoms in total. The van der Waals surface area contributed by atoms with Crippen molar-refractivity contribution in [3.8, 4) is 29.0 Å². The average molecular weight is 821 g/mol. The number of alkyl halides is 1. The largest absolute Gasteiger partial charge is 0.461 e. The molecule has 0 radical (unpaired) electrons. The highest BCUT2D eigenvalue weighted by molar-refractivity contribution is 7.23. The summed E-state index contributed by atoms with van der Waals surface area (Å²) in [6.07, 6.45) is 0.516. The Bertz CT molecular complexity index is 2400. The predicted molar refractivity (Wildman–Crippen MR) is 213 cm³/mol. The van der Waals surface area contributed by atoms with Crippen molar-refractivity contribution in [1.82, 2.24) is 14.9 Å². The molecule has 1 amide bonds. The van der Waals surface area contributed by atoms with Gasteiger partial charge in [0.05, 0.1) is 20.8 Å². The highest BCUT2D eigenvalue weighted by atomic mass is 35.5. The first-order chi connectivity index (χ1) is 27.2. The van der Waals surface area contributed by atoms with E-state index in [0.29, 0.717) is 31.7 Å². The summed E-state index contributed by atoms with van der Waals surface area (Å²) in [5.74, 6) is -1.31. The molecule has 0 unspecified atom stereocenters. The highest BCUT2D eigenvalue weighted by Crippen LogP contribution is 2.47. The Morgan fingerprint density at radius 3 is 2.68 bits per heavy atom. The summed E-state index contributed by atoms with van der Waals surface area (Å²) in [4.78, 5) is 38.3. The SMILES string of the molecule is CN(CCCC(=O)Oc1ccccc1)c1nc(OC[C@@]23CCCN2C[C@H](F)C3)nc2c(F)c(-c3ccc(F)c4sc(NC(=O)OC(C)(C)C)c(C#N)c34)c(Cl)cc12. The first-order valence-corrected chi connectivity index (χ1v) is 19.7. The number of carbonyl (C=O) groups is 2. The van der Waals surface area contributed by atoms with Crippen LogP contribution < -0.4 is 19.7 Å². The number of nitriles is 1. The number of hydrogen-bond donors (Lipinski definition) is 1. The normalized spacial score (nSPS) is 18.1. The number of ether oxygens (including phenoxy) is 3. The summed E-state index contributed by atoms with van der Waals surface area (Å²) in [6.45, 7) is 6.46. The topological polar surface area (TPSA) is 130 Å². The third kappa shape index (κ3) is 8.30. The minimum absolute atomic E-state index is 0.00768. The third-order valence-electron chi connectivity index (χ3n) is 10.1. The van der Waals surface area contributed by atoms with Crippen LogP contribution in [0.2, 0.25) is 5.02 Å². The molecule has 7 rings (SSSR count). The van der Waals surface area contributed by atoms with Gasteiger partial charge in [0.1, 0.15) is 52.4 Å². The maximum absolute atomic E-state index is 17.2. The van der Waals surface area contributed by atoms with Gasteiger partial charge in [-0.25, -0.2) is 18.0 Å². The molecule has 0 spiro atoms. The zero-order valence-electron chi connectivity index (χ0n) is 31.8. The maximum Gasteiger partial charge on any atom is 0.412 e. The molecule has 16 heteroatoms. The number of benzene rings is 3. The van der Waals surface area contributed by atoms with Crippen LogP contribution in [-0.2, 0) is 9.53 Å². The number of fused-ring (bicyclic) bond motifs is 3. The molecule has 298 valence electrons. The van der Waals surface area contributed by atoms with Crippen LogP contribution in [0.5, 0.6) is 11.8 Å². The Labute approximate surface area is 336 Å². The van der Waals surface area contributed by atoms with E-state index in [2.05, 4.69) is 20.2 Å². The minimum Gasteiger partial charge on any atom is -0.461 e. The van der Waals surface area contributed by atoms with Crippen LogP contribution in [-0.4, -0.2) is 77.5 Å². The molecule has 5 aromatic rings. The number of thiophene rings is 1. The fourth-order valence-corrected chi connectivity index (χ4v) is 8.98. The van der Waals surface area contributed by atoms with Gasteiger partial charge in [-0.2, -0.15) is 15.2 Å². The molecule has 2 aromatic heterocycles. The van der Waals surface area contributed by atoms with Gasteiger partial charge in [-0.3, -0.25) is 15.0 Å². The van der Waals surface area contributed by atoms with Gasteiger partial charge in [-0.05, 0) is 76.4 Å². The van der Waals surface area contributed by atoms with Gasteiger partial charge in [0.15, 0.2) is 5.82 Å². The van der Waals surface area contributed by atoms with E-state index in [-0.39, 0.29) is 72.6 Å². The number of carbonyl (C=O) groups excluding carboxylic acids is 2. The number of anilines is 2. The summed E-state index contributed by atoms with van der Waals surface area (Å²) < 4.78 is 64.2. The van der Waals surface area contributed by atoms with E-state index in [0.717, 1.165) is 36.8 Å². The molecule has 2 aliphatic rings. The number of hydrogen-bond acceptors (Lipinski definition) is 11. The van der Waals surface area contributed by atoms with E-state index in [9.17, 15) is 19.2 Å². The van der Waals surface area contributed by atoms with Crippen LogP contribution in [0, 0.1) is 23.0 Å². The number of amides is 1. The zero-order valence-corrected chi connectivity index (χ0v) is 33.3. The van der Waals surface area contributed by atoms with Crippen LogP contribution in [0.3, 0.4) is 0 Å². The lowest BCUT2D eigenvalue weighted by Gasteiger charge is -2.31. The van der Waals surface area contributed by atoms with Crippen LogP contribution >= 0.6 is 22.9 Å². The molecule has 57 heavy (non-hydrogen) atoms. The number of rotatable bonds is 11. The van der Waals surface area contributed by atoms with Crippen molar-refractivity contribution in [2.75, 3.05) is 43.5 Å². The van der Waals surface area contributed by atoms with Gasteiger partial charge in [0, 0.05) is 49.3 Å². The predicted octanol–water partition coefficient (Wildman–Crippen LogP) is 9.44. The van der Waals surface area contributed by atoms with Crippen molar-refractivity contribution >= 4 is 66.8 Å². The molecular weight excluding hydrogens is 781 g/mol. The number of para-hydroxylation sites is 1. The van der Waals surface area contributed by atoms with E-state index >= 15 is 8.78 Å². The Morgan fingerprint density at radius 1 is 1.18 bits per heavy atom. The summed E-state index contributed by atoms with van der Waals surface area (Å²) in [6, 6.07) is 14.5. The Balaban J connectivity index is 1.28. The van der Waals surface area contributed by atoms with Crippen molar-refractivity contribution < 1.29 is 37.0 Å². The van der Waals surface area contributed by atoms with Gasteiger partial charge in [-0.1, -0.05) is 35.9 Å². The van der Waals surface area contributed by atoms with E-state index in [4.69, 9.17) is 25.8 Å². The average Bonchev–Trinajstić information content (AvgIpc) is 3.81. The lowest BCUT2D eigenvalue weighted by atomic mass is 9.95. The number of halogens is 4. The molecular formula is C41H40ClF3N6O5S. The monoisotopic (exact) mass is 820 g/mol. The molecule has 3 aromatic carbocycles. The minimum atomic E-state index is -0.994. The molecule has 1 N–H and O–H groups in total. The molecule has 2 aliphatic heterocycles. The van der Waals surface area contributed by atoms with E-state index in [1.54, 1.807) is 57.0 Å². The summed E-state index contributed by atoms with van der Waals surface area (Å²) >= 11 is 7.70. The fraction of sp³-hybridized carbons (Fsp3) is 0.390. The van der Waals surface area contributed by atoms with Gasteiger partial charge >= 0.3 is 18.1 Å². The maximum atomic E-state index is 17.2. The molecule has 2 fully saturated rings. The Hall–Kier alpha value is -5.17. The van der Waals surface area contributed by atoms with Crippen molar-refractivity contribution in [2.45, 2.75) is 70.2 Å². The van der Waals surface area contributed by atoms with E-state index < -0.39 is 41.0 Å². The smallest absolute Gasteiger partial charge is 0.412 e. The van der Waals surface area contributed by atoms with E-state index in [1.165, 1.54) is 12.1 Å². The van der Waals surface area contributed by atoms with Crippen molar-refractivity contribution in [1.29, 1.82) is 5.26 Å². The van der Waals surface area contributed by atoms with Crippen LogP contribution in [0.4, 0.5) is 28.8 Å². The molecule has 0 aliphatic carbocycles. The standard InChI is InChI=1S/C41H40ClF3N6O5S/c1-40(2,3)56-39(53)49-37-27(20-46)31-25(13-14-29(44)35(31)57-37)32-28(42)18-26-34(33(32)45)47-38(54-22-41-15-9-17-51(41)21-23(43)19-41)48-36(26)50(4)16-8-12-30(52)55-24-10-6-5-7-11-24/h5-7,10-11,13-14,18,23H,8-9,12,15-17,19,21-22H2,1-4H3,(H,49,53)/t23-,41+/m1/s1. The number of esters is 1.